The fraction of sp³-hybridized carbons (Fsp3) is 0.143. The van der Waals surface area contributed by atoms with Crippen LogP contribution in [0.25, 0.3) is 0 Å². The number of rotatable bonds is 4. The van der Waals surface area contributed by atoms with Crippen molar-refractivity contribution in [3.8, 4) is 0 Å². The van der Waals surface area contributed by atoms with E-state index in [2.05, 4.69) is 20.9 Å². The summed E-state index contributed by atoms with van der Waals surface area (Å²) in [5.74, 6) is -0.0300. The van der Waals surface area contributed by atoms with Gasteiger partial charge in [-0.1, -0.05) is 34.1 Å². The van der Waals surface area contributed by atoms with E-state index in [4.69, 9.17) is 11.5 Å². The minimum Gasteiger partial charge on any atom is -0.396 e. The lowest BCUT2D eigenvalue weighted by molar-refractivity contribution is 0.0995. The number of benzene rings is 1. The highest BCUT2D eigenvalue weighted by Gasteiger charge is 2.12. The predicted octanol–water partition coefficient (Wildman–Crippen LogP) is 2.16. The fourth-order valence-corrected chi connectivity index (χ4v) is 2.27. The summed E-state index contributed by atoms with van der Waals surface area (Å²) in [5, 5.41) is 0. The summed E-state index contributed by atoms with van der Waals surface area (Å²) in [6, 6.07) is 11.1. The lowest BCUT2D eigenvalue weighted by Crippen LogP contribution is -2.22. The van der Waals surface area contributed by atoms with Gasteiger partial charge < -0.3 is 16.4 Å². The number of hydrogen-bond donors (Lipinski definition) is 2. The summed E-state index contributed by atoms with van der Waals surface area (Å²) in [6.45, 7) is 0.612. The van der Waals surface area contributed by atoms with Crippen LogP contribution < -0.4 is 16.4 Å². The number of pyridine rings is 1. The summed E-state index contributed by atoms with van der Waals surface area (Å²) in [4.78, 5) is 17.3. The van der Waals surface area contributed by atoms with Crippen LogP contribution in [0.5, 0.6) is 0 Å². The first-order chi connectivity index (χ1) is 9.49. The molecule has 2 aromatic rings. The van der Waals surface area contributed by atoms with E-state index >= 15 is 0 Å². The Bertz CT molecular complexity index is 645. The van der Waals surface area contributed by atoms with Gasteiger partial charge in [0.25, 0.3) is 5.91 Å². The monoisotopic (exact) mass is 334 g/mol. The van der Waals surface area contributed by atoms with Crippen molar-refractivity contribution < 1.29 is 4.79 Å². The van der Waals surface area contributed by atoms with Crippen molar-refractivity contribution in [3.05, 3.63) is 52.1 Å². The molecule has 4 N–H and O–H groups in total. The maximum Gasteiger partial charge on any atom is 0.267 e. The molecule has 0 saturated heterocycles. The second-order valence-electron chi connectivity index (χ2n) is 4.42. The zero-order chi connectivity index (χ0) is 14.7. The second kappa shape index (κ2) is 5.92. The molecule has 1 aromatic heterocycles. The first kappa shape index (κ1) is 14.3. The molecule has 1 heterocycles. The highest BCUT2D eigenvalue weighted by Crippen LogP contribution is 2.24. The Balaban J connectivity index is 2.29. The molecular formula is C14H15BrN4O. The Kier molecular flexibility index (Phi) is 4.24. The van der Waals surface area contributed by atoms with E-state index in [0.29, 0.717) is 18.1 Å². The van der Waals surface area contributed by atoms with Gasteiger partial charge >= 0.3 is 0 Å². The number of nitrogen functional groups attached to an aromatic ring is 1. The molecule has 0 atom stereocenters. The Morgan fingerprint density at radius 2 is 2.00 bits per heavy atom. The molecule has 5 nitrogen and oxygen atoms in total. The first-order valence-electron chi connectivity index (χ1n) is 6.00. The van der Waals surface area contributed by atoms with Crippen molar-refractivity contribution in [2.75, 3.05) is 17.7 Å². The van der Waals surface area contributed by atoms with Gasteiger partial charge in [0.1, 0.15) is 5.69 Å². The van der Waals surface area contributed by atoms with Crippen LogP contribution in [0, 0.1) is 0 Å². The van der Waals surface area contributed by atoms with Gasteiger partial charge in [0.2, 0.25) is 0 Å². The maximum absolute atomic E-state index is 11.2. The number of carbonyl (C=O) groups is 1. The Morgan fingerprint density at radius 3 is 2.65 bits per heavy atom. The van der Waals surface area contributed by atoms with Gasteiger partial charge in [-0.15, -0.1) is 0 Å². The first-order valence-corrected chi connectivity index (χ1v) is 6.79. The molecule has 0 bridgehead atoms. The third-order valence-corrected chi connectivity index (χ3v) is 3.66. The molecule has 0 unspecified atom stereocenters. The van der Waals surface area contributed by atoms with Gasteiger partial charge in [-0.2, -0.15) is 0 Å². The van der Waals surface area contributed by atoms with E-state index < -0.39 is 5.91 Å². The van der Waals surface area contributed by atoms with E-state index in [1.807, 2.05) is 36.2 Å². The average Bonchev–Trinajstić information content (AvgIpc) is 2.41. The van der Waals surface area contributed by atoms with Crippen molar-refractivity contribution in [2.24, 2.45) is 5.73 Å². The van der Waals surface area contributed by atoms with Crippen molar-refractivity contribution in [1.82, 2.24) is 4.98 Å². The van der Waals surface area contributed by atoms with Crippen LogP contribution in [0.1, 0.15) is 16.1 Å². The van der Waals surface area contributed by atoms with Crippen molar-refractivity contribution in [2.45, 2.75) is 6.54 Å². The lowest BCUT2D eigenvalue weighted by Gasteiger charge is -2.21. The van der Waals surface area contributed by atoms with Crippen LogP contribution in [-0.2, 0) is 6.54 Å². The molecular weight excluding hydrogens is 320 g/mol. The Labute approximate surface area is 125 Å². The zero-order valence-electron chi connectivity index (χ0n) is 11.0. The highest BCUT2D eigenvalue weighted by molar-refractivity contribution is 9.10. The van der Waals surface area contributed by atoms with Crippen molar-refractivity contribution in [3.63, 3.8) is 0 Å². The molecule has 6 heteroatoms. The Morgan fingerprint density at radius 1 is 1.30 bits per heavy atom. The molecule has 0 aliphatic rings. The third-order valence-electron chi connectivity index (χ3n) is 2.88. The molecule has 0 spiro atoms. The highest BCUT2D eigenvalue weighted by atomic mass is 79.9. The third kappa shape index (κ3) is 3.08. The quantitative estimate of drug-likeness (QED) is 0.897. The fourth-order valence-electron chi connectivity index (χ4n) is 1.86. The van der Waals surface area contributed by atoms with E-state index in [0.717, 1.165) is 10.0 Å². The smallest absolute Gasteiger partial charge is 0.267 e. The molecule has 0 aliphatic carbocycles. The molecule has 0 fully saturated rings. The number of anilines is 2. The van der Waals surface area contributed by atoms with Gasteiger partial charge in [0.05, 0.1) is 5.69 Å². The summed E-state index contributed by atoms with van der Waals surface area (Å²) in [6.07, 6.45) is 0. The van der Waals surface area contributed by atoms with Gasteiger partial charge in [-0.3, -0.25) is 4.79 Å². The van der Waals surface area contributed by atoms with Gasteiger partial charge in [-0.25, -0.2) is 4.98 Å². The summed E-state index contributed by atoms with van der Waals surface area (Å²) < 4.78 is 1.01. The standard InChI is InChI=1S/C14H15BrN4O/c1-19(8-9-4-2-3-5-10(9)15)14-11(16)6-7-12(18-14)13(17)20/h2-7H,8,16H2,1H3,(H2,17,20). The number of nitrogens with zero attached hydrogens (tertiary/aromatic N) is 2. The van der Waals surface area contributed by atoms with Gasteiger partial charge in [0, 0.05) is 18.1 Å². The number of halogens is 1. The zero-order valence-corrected chi connectivity index (χ0v) is 12.6. The molecule has 0 saturated carbocycles. The van der Waals surface area contributed by atoms with E-state index in [9.17, 15) is 4.79 Å². The summed E-state index contributed by atoms with van der Waals surface area (Å²) in [7, 11) is 1.86. The summed E-state index contributed by atoms with van der Waals surface area (Å²) in [5.41, 5.74) is 13.0. The van der Waals surface area contributed by atoms with Crippen molar-refractivity contribution in [1.29, 1.82) is 0 Å². The normalized spacial score (nSPS) is 10.3. The maximum atomic E-state index is 11.2. The molecule has 0 aliphatic heterocycles. The van der Waals surface area contributed by atoms with Crippen molar-refractivity contribution >= 4 is 33.3 Å². The number of carbonyl (C=O) groups excluding carboxylic acids is 1. The number of hydrogen-bond acceptors (Lipinski definition) is 4. The molecule has 1 aromatic carbocycles. The van der Waals surface area contributed by atoms with Crippen LogP contribution >= 0.6 is 15.9 Å². The second-order valence-corrected chi connectivity index (χ2v) is 5.28. The van der Waals surface area contributed by atoms with Gasteiger partial charge in [0.15, 0.2) is 5.82 Å². The number of aromatic nitrogens is 1. The number of nitrogens with two attached hydrogens (primary N) is 2. The predicted molar refractivity (Wildman–Crippen MR) is 83.4 cm³/mol. The lowest BCUT2D eigenvalue weighted by atomic mass is 10.2. The average molecular weight is 335 g/mol. The van der Waals surface area contributed by atoms with Crippen LogP contribution in [0.3, 0.4) is 0 Å². The molecule has 104 valence electrons. The molecule has 1 amide bonds. The summed E-state index contributed by atoms with van der Waals surface area (Å²) >= 11 is 3.50. The number of amides is 1. The minimum atomic E-state index is -0.569. The van der Waals surface area contributed by atoms with Crippen LogP contribution in [0.15, 0.2) is 40.9 Å². The van der Waals surface area contributed by atoms with E-state index in [-0.39, 0.29) is 5.69 Å². The number of primary amides is 1. The van der Waals surface area contributed by atoms with Crippen LogP contribution in [0.2, 0.25) is 0 Å². The largest absolute Gasteiger partial charge is 0.396 e. The minimum absolute atomic E-state index is 0.202. The van der Waals surface area contributed by atoms with E-state index in [1.165, 1.54) is 6.07 Å². The van der Waals surface area contributed by atoms with Crippen LogP contribution in [-0.4, -0.2) is 17.9 Å². The topological polar surface area (TPSA) is 85.2 Å². The molecule has 2 rings (SSSR count). The molecule has 0 radical (unpaired) electrons. The van der Waals surface area contributed by atoms with E-state index in [1.54, 1.807) is 6.07 Å². The molecule has 20 heavy (non-hydrogen) atoms. The van der Waals surface area contributed by atoms with Crippen LogP contribution in [0.4, 0.5) is 11.5 Å². The Hall–Kier alpha value is -2.08. The van der Waals surface area contributed by atoms with Gasteiger partial charge in [-0.05, 0) is 23.8 Å². The SMILES string of the molecule is CN(Cc1ccccc1Br)c1nc(C(N)=O)ccc1N.